The monoisotopic (exact) mass is 357 g/mol. The summed E-state index contributed by atoms with van der Waals surface area (Å²) in [6.07, 6.45) is 9.00. The fourth-order valence-corrected chi connectivity index (χ4v) is 4.90. The summed E-state index contributed by atoms with van der Waals surface area (Å²) in [5.74, 6) is 0.132. The van der Waals surface area contributed by atoms with Crippen LogP contribution in [0, 0.1) is 6.92 Å². The Kier molecular flexibility index (Phi) is 6.36. The molecule has 1 aromatic carbocycles. The molecule has 1 amide bonds. The Hall–Kier alpha value is -1.39. The van der Waals surface area contributed by atoms with Crippen molar-refractivity contribution >= 4 is 5.91 Å². The van der Waals surface area contributed by atoms with Crippen LogP contribution < -0.4 is 5.32 Å². The normalized spacial score (nSPS) is 21.7. The number of likely N-dealkylation sites (N-methyl/N-ethyl adjacent to an activating group) is 1. The fourth-order valence-electron chi connectivity index (χ4n) is 4.90. The van der Waals surface area contributed by atoms with Crippen LogP contribution in [-0.2, 0) is 4.79 Å². The number of carbonyl (C=O) groups is 1. The number of amides is 1. The van der Waals surface area contributed by atoms with Crippen LogP contribution in [0.25, 0.3) is 0 Å². The Labute approximate surface area is 158 Å². The lowest BCUT2D eigenvalue weighted by molar-refractivity contribution is -0.126. The molecule has 1 atom stereocenters. The molecule has 0 unspecified atom stereocenters. The zero-order chi connectivity index (χ0) is 18.6. The van der Waals surface area contributed by atoms with Crippen molar-refractivity contribution in [2.24, 2.45) is 0 Å². The molecule has 4 nitrogen and oxygen atoms in total. The third-order valence-corrected chi connectivity index (χ3v) is 6.40. The molecule has 0 aromatic heterocycles. The lowest BCUT2D eigenvalue weighted by Crippen LogP contribution is -2.56. The maximum absolute atomic E-state index is 13.1. The van der Waals surface area contributed by atoms with E-state index in [0.717, 1.165) is 12.1 Å². The predicted octanol–water partition coefficient (Wildman–Crippen LogP) is 3.51. The van der Waals surface area contributed by atoms with Crippen molar-refractivity contribution in [2.45, 2.75) is 63.5 Å². The highest BCUT2D eigenvalue weighted by atomic mass is 16.2. The van der Waals surface area contributed by atoms with Crippen LogP contribution in [0.15, 0.2) is 24.3 Å². The highest BCUT2D eigenvalue weighted by Gasteiger charge is 2.40. The molecular formula is C22H35N3O. The first-order chi connectivity index (χ1) is 12.5. The Bertz CT molecular complexity index is 601. The third-order valence-electron chi connectivity index (χ3n) is 6.40. The van der Waals surface area contributed by atoms with Gasteiger partial charge in [0.2, 0.25) is 5.91 Å². The van der Waals surface area contributed by atoms with E-state index in [1.54, 1.807) is 0 Å². The number of nitrogens with zero attached hydrogens (tertiary/aromatic N) is 2. The SMILES string of the molecule is Cc1ccccc1[C@@H](C(=O)NCC1(N2CCCCC2)CCCC1)N(C)C. The summed E-state index contributed by atoms with van der Waals surface area (Å²) in [4.78, 5) is 17.9. The second-order valence-electron chi connectivity index (χ2n) is 8.42. The summed E-state index contributed by atoms with van der Waals surface area (Å²) in [5.41, 5.74) is 2.47. The Morgan fingerprint density at radius 1 is 1.12 bits per heavy atom. The quantitative estimate of drug-likeness (QED) is 0.846. The topological polar surface area (TPSA) is 35.6 Å². The Morgan fingerprint density at radius 2 is 1.77 bits per heavy atom. The highest BCUT2D eigenvalue weighted by molar-refractivity contribution is 5.83. The standard InChI is InChI=1S/C22H35N3O/c1-18-11-5-6-12-19(18)20(24(2)3)21(26)23-17-22(13-7-8-14-22)25-15-9-4-10-16-25/h5-6,11-12,20H,4,7-10,13-17H2,1-3H3,(H,23,26)/t20-/m0/s1. The zero-order valence-electron chi connectivity index (χ0n) is 16.8. The minimum absolute atomic E-state index is 0.132. The molecule has 144 valence electrons. The van der Waals surface area contributed by atoms with Gasteiger partial charge in [0.25, 0.3) is 0 Å². The largest absolute Gasteiger partial charge is 0.353 e. The Morgan fingerprint density at radius 3 is 2.38 bits per heavy atom. The summed E-state index contributed by atoms with van der Waals surface area (Å²) in [6.45, 7) is 5.28. The molecule has 1 N–H and O–H groups in total. The summed E-state index contributed by atoms with van der Waals surface area (Å²) in [7, 11) is 3.99. The molecule has 4 heteroatoms. The number of aryl methyl sites for hydroxylation is 1. The van der Waals surface area contributed by atoms with Gasteiger partial charge in [0.05, 0.1) is 0 Å². The van der Waals surface area contributed by atoms with Gasteiger partial charge in [-0.3, -0.25) is 14.6 Å². The van der Waals surface area contributed by atoms with Crippen LogP contribution in [0.5, 0.6) is 0 Å². The van der Waals surface area contributed by atoms with E-state index in [-0.39, 0.29) is 17.5 Å². The summed E-state index contributed by atoms with van der Waals surface area (Å²) in [5, 5.41) is 3.35. The summed E-state index contributed by atoms with van der Waals surface area (Å²) < 4.78 is 0. The molecule has 26 heavy (non-hydrogen) atoms. The summed E-state index contributed by atoms with van der Waals surface area (Å²) >= 11 is 0. The van der Waals surface area contributed by atoms with Crippen LogP contribution in [0.2, 0.25) is 0 Å². The van der Waals surface area contributed by atoms with Gasteiger partial charge in [-0.15, -0.1) is 0 Å². The van der Waals surface area contributed by atoms with E-state index < -0.39 is 0 Å². The molecule has 2 fully saturated rings. The number of carbonyl (C=O) groups excluding carboxylic acids is 1. The van der Waals surface area contributed by atoms with Gasteiger partial charge < -0.3 is 5.32 Å². The molecular weight excluding hydrogens is 322 g/mol. The summed E-state index contributed by atoms with van der Waals surface area (Å²) in [6, 6.07) is 8.00. The van der Waals surface area contributed by atoms with Crippen molar-refractivity contribution < 1.29 is 4.79 Å². The number of piperidine rings is 1. The van der Waals surface area contributed by atoms with Crippen molar-refractivity contribution in [2.75, 3.05) is 33.7 Å². The van der Waals surface area contributed by atoms with Crippen LogP contribution in [-0.4, -0.2) is 55.0 Å². The van der Waals surface area contributed by atoms with Gasteiger partial charge in [-0.2, -0.15) is 0 Å². The van der Waals surface area contributed by atoms with Gasteiger partial charge in [-0.1, -0.05) is 43.5 Å². The first-order valence-corrected chi connectivity index (χ1v) is 10.3. The molecule has 0 spiro atoms. The molecule has 1 aliphatic heterocycles. The molecule has 1 aromatic rings. The first kappa shape index (κ1) is 19.4. The minimum atomic E-state index is -0.226. The molecule has 3 rings (SSSR count). The van der Waals surface area contributed by atoms with Crippen molar-refractivity contribution in [1.29, 1.82) is 0 Å². The molecule has 0 bridgehead atoms. The van der Waals surface area contributed by atoms with Crippen LogP contribution >= 0.6 is 0 Å². The number of rotatable bonds is 6. The van der Waals surface area contributed by atoms with Crippen LogP contribution in [0.1, 0.15) is 62.1 Å². The van der Waals surface area contributed by atoms with E-state index in [0.29, 0.717) is 0 Å². The number of likely N-dealkylation sites (tertiary alicyclic amines) is 1. The molecule has 2 aliphatic rings. The average Bonchev–Trinajstić information content (AvgIpc) is 3.13. The van der Waals surface area contributed by atoms with Crippen molar-refractivity contribution in [1.82, 2.24) is 15.1 Å². The van der Waals surface area contributed by atoms with Gasteiger partial charge in [-0.25, -0.2) is 0 Å². The lowest BCUT2D eigenvalue weighted by atomic mass is 9.91. The molecule has 1 saturated heterocycles. The highest BCUT2D eigenvalue weighted by Crippen LogP contribution is 2.36. The van der Waals surface area contributed by atoms with E-state index in [1.807, 2.05) is 31.1 Å². The smallest absolute Gasteiger partial charge is 0.242 e. The minimum Gasteiger partial charge on any atom is -0.353 e. The van der Waals surface area contributed by atoms with Gasteiger partial charge in [-0.05, 0) is 70.9 Å². The number of hydrogen-bond donors (Lipinski definition) is 1. The average molecular weight is 358 g/mol. The van der Waals surface area contributed by atoms with Gasteiger partial charge in [0, 0.05) is 12.1 Å². The third kappa shape index (κ3) is 4.12. The van der Waals surface area contributed by atoms with Gasteiger partial charge in [0.1, 0.15) is 6.04 Å². The van der Waals surface area contributed by atoms with Crippen molar-refractivity contribution in [3.63, 3.8) is 0 Å². The molecule has 1 heterocycles. The van der Waals surface area contributed by atoms with E-state index in [1.165, 1.54) is 63.6 Å². The maximum atomic E-state index is 13.1. The van der Waals surface area contributed by atoms with Crippen LogP contribution in [0.3, 0.4) is 0 Å². The van der Waals surface area contributed by atoms with Crippen molar-refractivity contribution in [3.05, 3.63) is 35.4 Å². The number of benzene rings is 1. The fraction of sp³-hybridized carbons (Fsp3) is 0.682. The van der Waals surface area contributed by atoms with E-state index in [2.05, 4.69) is 29.3 Å². The van der Waals surface area contributed by atoms with Crippen molar-refractivity contribution in [3.8, 4) is 0 Å². The Balaban J connectivity index is 1.71. The number of nitrogens with one attached hydrogen (secondary N) is 1. The molecule has 0 radical (unpaired) electrons. The second-order valence-corrected chi connectivity index (χ2v) is 8.42. The van der Waals surface area contributed by atoms with E-state index in [4.69, 9.17) is 0 Å². The zero-order valence-corrected chi connectivity index (χ0v) is 16.8. The molecule has 1 aliphatic carbocycles. The van der Waals surface area contributed by atoms with Crippen LogP contribution in [0.4, 0.5) is 0 Å². The number of hydrogen-bond acceptors (Lipinski definition) is 3. The van der Waals surface area contributed by atoms with E-state index >= 15 is 0 Å². The molecule has 1 saturated carbocycles. The predicted molar refractivity (Wildman–Crippen MR) is 107 cm³/mol. The van der Waals surface area contributed by atoms with Gasteiger partial charge >= 0.3 is 0 Å². The maximum Gasteiger partial charge on any atom is 0.242 e. The first-order valence-electron chi connectivity index (χ1n) is 10.3. The van der Waals surface area contributed by atoms with Gasteiger partial charge in [0.15, 0.2) is 0 Å². The second kappa shape index (κ2) is 8.53. The lowest BCUT2D eigenvalue weighted by Gasteiger charge is -2.44. The van der Waals surface area contributed by atoms with E-state index in [9.17, 15) is 4.79 Å².